The van der Waals surface area contributed by atoms with Gasteiger partial charge in [0.15, 0.2) is 0 Å². The summed E-state index contributed by atoms with van der Waals surface area (Å²) in [6.45, 7) is 2.87. The molecule has 0 saturated carbocycles. The molecule has 2 aromatic carbocycles. The van der Waals surface area contributed by atoms with Gasteiger partial charge in [-0.3, -0.25) is 9.58 Å². The van der Waals surface area contributed by atoms with E-state index in [0.717, 1.165) is 37.3 Å². The van der Waals surface area contributed by atoms with Crippen molar-refractivity contribution in [1.82, 2.24) is 19.9 Å². The van der Waals surface area contributed by atoms with Gasteiger partial charge in [0.25, 0.3) is 0 Å². The lowest BCUT2D eigenvalue weighted by Gasteiger charge is -2.24. The number of esters is 1. The molecule has 3 aromatic rings. The third-order valence-corrected chi connectivity index (χ3v) is 5.69. The number of methoxy groups -OCH3 is 1. The van der Waals surface area contributed by atoms with E-state index in [0.29, 0.717) is 6.04 Å². The predicted octanol–water partition coefficient (Wildman–Crippen LogP) is 3.72. The van der Waals surface area contributed by atoms with Gasteiger partial charge < -0.3 is 4.74 Å². The fourth-order valence-electron chi connectivity index (χ4n) is 4.04. The Balaban J connectivity index is 1.33. The van der Waals surface area contributed by atoms with Crippen LogP contribution >= 0.6 is 0 Å². The van der Waals surface area contributed by atoms with E-state index in [-0.39, 0.29) is 5.97 Å². The molecule has 0 spiro atoms. The van der Waals surface area contributed by atoms with E-state index in [1.807, 2.05) is 22.9 Å². The number of rotatable bonds is 8. The van der Waals surface area contributed by atoms with E-state index >= 15 is 0 Å². The first-order valence-corrected chi connectivity index (χ1v) is 10.7. The summed E-state index contributed by atoms with van der Waals surface area (Å²) >= 11 is 0. The van der Waals surface area contributed by atoms with Crippen LogP contribution in [0.1, 0.15) is 35.2 Å². The van der Waals surface area contributed by atoms with Crippen LogP contribution in [0.4, 0.5) is 0 Å². The van der Waals surface area contributed by atoms with Crippen molar-refractivity contribution < 1.29 is 9.53 Å². The molecular weight excluding hydrogens is 388 g/mol. The second-order valence-corrected chi connectivity index (χ2v) is 7.96. The average Bonchev–Trinajstić information content (AvgIpc) is 3.43. The summed E-state index contributed by atoms with van der Waals surface area (Å²) in [6, 6.07) is 19.2. The molecule has 160 valence electrons. The van der Waals surface area contributed by atoms with Crippen molar-refractivity contribution in [2.45, 2.75) is 38.4 Å². The second kappa shape index (κ2) is 10.2. The molecule has 1 atom stereocenters. The number of carbonyl (C=O) groups excluding carboxylic acids is 1. The first kappa shape index (κ1) is 21.0. The molecule has 4 rings (SSSR count). The maximum atomic E-state index is 11.2. The third kappa shape index (κ3) is 5.89. The minimum atomic E-state index is -0.343. The number of nitrogens with zero attached hydrogens (tertiary/aromatic N) is 4. The van der Waals surface area contributed by atoms with Gasteiger partial charge in [-0.2, -0.15) is 0 Å². The Morgan fingerprint density at radius 1 is 1.13 bits per heavy atom. The molecule has 1 aliphatic heterocycles. The van der Waals surface area contributed by atoms with Crippen LogP contribution in [0.5, 0.6) is 0 Å². The maximum Gasteiger partial charge on any atom is 0.330 e. The summed E-state index contributed by atoms with van der Waals surface area (Å²) in [5, 5.41) is 8.73. The highest BCUT2D eigenvalue weighted by molar-refractivity contribution is 5.86. The number of hydrogen-bond acceptors (Lipinski definition) is 5. The number of ether oxygens (including phenoxy) is 1. The van der Waals surface area contributed by atoms with E-state index < -0.39 is 0 Å². The number of aromatic nitrogens is 3. The second-order valence-electron chi connectivity index (χ2n) is 7.96. The molecule has 1 aliphatic rings. The average molecular weight is 417 g/mol. The van der Waals surface area contributed by atoms with Crippen molar-refractivity contribution in [3.63, 3.8) is 0 Å². The van der Waals surface area contributed by atoms with Gasteiger partial charge >= 0.3 is 5.97 Å². The lowest BCUT2D eigenvalue weighted by molar-refractivity contribution is -0.134. The normalized spacial score (nSPS) is 16.7. The van der Waals surface area contributed by atoms with Crippen molar-refractivity contribution in [3.8, 4) is 0 Å². The van der Waals surface area contributed by atoms with Crippen LogP contribution in [0.25, 0.3) is 6.08 Å². The van der Waals surface area contributed by atoms with Crippen molar-refractivity contribution in [1.29, 1.82) is 0 Å². The Morgan fingerprint density at radius 3 is 2.71 bits per heavy atom. The van der Waals surface area contributed by atoms with E-state index in [9.17, 15) is 4.79 Å². The summed E-state index contributed by atoms with van der Waals surface area (Å²) in [5.74, 6) is -0.343. The molecule has 1 aromatic heterocycles. The minimum Gasteiger partial charge on any atom is -0.466 e. The highest BCUT2D eigenvalue weighted by Gasteiger charge is 2.25. The van der Waals surface area contributed by atoms with Gasteiger partial charge in [-0.05, 0) is 42.2 Å². The summed E-state index contributed by atoms with van der Waals surface area (Å²) in [5.41, 5.74) is 4.51. The fourth-order valence-corrected chi connectivity index (χ4v) is 4.04. The van der Waals surface area contributed by atoms with Gasteiger partial charge in [0, 0.05) is 31.3 Å². The summed E-state index contributed by atoms with van der Waals surface area (Å²) in [7, 11) is 1.38. The third-order valence-electron chi connectivity index (χ3n) is 5.69. The Morgan fingerprint density at radius 2 is 1.94 bits per heavy atom. The van der Waals surface area contributed by atoms with E-state index in [1.165, 1.54) is 37.2 Å². The lowest BCUT2D eigenvalue weighted by atomic mass is 10.1. The summed E-state index contributed by atoms with van der Waals surface area (Å²) in [6.07, 6.45) is 8.48. The number of hydrogen-bond donors (Lipinski definition) is 0. The van der Waals surface area contributed by atoms with Gasteiger partial charge in [-0.25, -0.2) is 4.79 Å². The highest BCUT2D eigenvalue weighted by atomic mass is 16.5. The molecule has 1 fully saturated rings. The smallest absolute Gasteiger partial charge is 0.330 e. The standard InChI is InChI=1S/C25H28N4O2/c1-31-25(30)14-13-20-9-11-22(12-10-20)17-28-15-5-8-24(28)19-29-18-23(26-27-29)16-21-6-3-2-4-7-21/h2-4,6-7,9-14,18,24H,5,8,15-17,19H2,1H3/t24-/m1/s1. The molecule has 0 radical (unpaired) electrons. The molecule has 0 N–H and O–H groups in total. The zero-order valence-electron chi connectivity index (χ0n) is 17.9. The number of benzene rings is 2. The van der Waals surface area contributed by atoms with Crippen LogP contribution in [-0.4, -0.2) is 45.6 Å². The Labute approximate surface area is 183 Å². The van der Waals surface area contributed by atoms with Crippen LogP contribution in [0.2, 0.25) is 0 Å². The molecule has 6 nitrogen and oxygen atoms in total. The molecule has 31 heavy (non-hydrogen) atoms. The van der Waals surface area contributed by atoms with Gasteiger partial charge in [0.1, 0.15) is 0 Å². The zero-order valence-corrected chi connectivity index (χ0v) is 17.9. The van der Waals surface area contributed by atoms with E-state index in [1.54, 1.807) is 6.08 Å². The van der Waals surface area contributed by atoms with E-state index in [2.05, 4.69) is 62.5 Å². The van der Waals surface area contributed by atoms with Crippen LogP contribution in [0, 0.1) is 0 Å². The van der Waals surface area contributed by atoms with Gasteiger partial charge in [-0.15, -0.1) is 5.10 Å². The van der Waals surface area contributed by atoms with Crippen molar-refractivity contribution in [2.75, 3.05) is 13.7 Å². The molecule has 0 bridgehead atoms. The minimum absolute atomic E-state index is 0.343. The number of likely N-dealkylation sites (tertiary alicyclic amines) is 1. The van der Waals surface area contributed by atoms with Gasteiger partial charge in [-0.1, -0.05) is 59.8 Å². The predicted molar refractivity (Wildman–Crippen MR) is 120 cm³/mol. The molecule has 0 aliphatic carbocycles. The van der Waals surface area contributed by atoms with Crippen LogP contribution in [0.15, 0.2) is 66.9 Å². The maximum absolute atomic E-state index is 11.2. The van der Waals surface area contributed by atoms with Crippen LogP contribution < -0.4 is 0 Å². The highest BCUT2D eigenvalue weighted by Crippen LogP contribution is 2.22. The molecule has 2 heterocycles. The first-order chi connectivity index (χ1) is 15.2. The summed E-state index contributed by atoms with van der Waals surface area (Å²) < 4.78 is 6.62. The monoisotopic (exact) mass is 416 g/mol. The van der Waals surface area contributed by atoms with Crippen molar-refractivity contribution >= 4 is 12.0 Å². The Kier molecular flexibility index (Phi) is 6.89. The Bertz CT molecular complexity index is 1010. The summed E-state index contributed by atoms with van der Waals surface area (Å²) in [4.78, 5) is 13.8. The molecule has 1 saturated heterocycles. The number of carbonyl (C=O) groups is 1. The fraction of sp³-hybridized carbons (Fsp3) is 0.320. The largest absolute Gasteiger partial charge is 0.466 e. The van der Waals surface area contributed by atoms with Gasteiger partial charge in [0.05, 0.1) is 19.3 Å². The molecule has 0 unspecified atom stereocenters. The van der Waals surface area contributed by atoms with Crippen molar-refractivity contribution in [3.05, 3.63) is 89.3 Å². The molecule has 0 amide bonds. The van der Waals surface area contributed by atoms with Crippen LogP contribution in [-0.2, 0) is 29.0 Å². The Hall–Kier alpha value is -3.25. The van der Waals surface area contributed by atoms with Gasteiger partial charge in [0.2, 0.25) is 0 Å². The quantitative estimate of drug-likeness (QED) is 0.414. The molecule has 6 heteroatoms. The lowest BCUT2D eigenvalue weighted by Crippen LogP contribution is -2.32. The van der Waals surface area contributed by atoms with Crippen LogP contribution in [0.3, 0.4) is 0 Å². The first-order valence-electron chi connectivity index (χ1n) is 10.7. The molecular formula is C25H28N4O2. The van der Waals surface area contributed by atoms with E-state index in [4.69, 9.17) is 0 Å². The zero-order chi connectivity index (χ0) is 21.5. The SMILES string of the molecule is COC(=O)C=Cc1ccc(CN2CCC[C@@H]2Cn2cc(Cc3ccccc3)nn2)cc1. The topological polar surface area (TPSA) is 60.2 Å². The van der Waals surface area contributed by atoms with Crippen molar-refractivity contribution in [2.24, 2.45) is 0 Å².